The number of nitrogens with zero attached hydrogens (tertiary/aromatic N) is 3. The fraction of sp³-hybridized carbons (Fsp3) is 0.632. The van der Waals surface area contributed by atoms with Crippen LogP contribution >= 0.6 is 11.3 Å². The number of likely N-dealkylation sites (N-methyl/N-ethyl adjacent to an activating group) is 1. The van der Waals surface area contributed by atoms with Gasteiger partial charge in [0.25, 0.3) is 5.91 Å². The second kappa shape index (κ2) is 10.6. The van der Waals surface area contributed by atoms with Crippen LogP contribution in [0.1, 0.15) is 39.6 Å². The topological polar surface area (TPSA) is 132 Å². The zero-order valence-corrected chi connectivity index (χ0v) is 18.1. The predicted molar refractivity (Wildman–Crippen MR) is 116 cm³/mol. The fourth-order valence-corrected chi connectivity index (χ4v) is 5.06. The first-order valence-corrected chi connectivity index (χ1v) is 10.7. The van der Waals surface area contributed by atoms with E-state index in [1.54, 1.807) is 14.1 Å². The molecule has 3 N–H and O–H groups in total. The molecule has 166 valence electrons. The molecule has 0 unspecified atom stereocenters. The Morgan fingerprint density at radius 3 is 2.52 bits per heavy atom. The molecule has 0 radical (unpaired) electrons. The van der Waals surface area contributed by atoms with Gasteiger partial charge in [-0.1, -0.05) is 0 Å². The number of aromatic nitrogens is 1. The molecule has 0 spiro atoms. The summed E-state index contributed by atoms with van der Waals surface area (Å²) in [5.74, 6) is -3.42. The van der Waals surface area contributed by atoms with E-state index in [-0.39, 0.29) is 36.6 Å². The Morgan fingerprint density at radius 1 is 1.16 bits per heavy atom. The number of nitrogens with one attached hydrogen (secondary N) is 2. The molecule has 0 saturated heterocycles. The summed E-state index contributed by atoms with van der Waals surface area (Å²) in [6.45, 7) is 1.64. The number of carboxylic acid groups (broad SMARTS) is 1. The monoisotopic (exact) mass is 445 g/mol. The molecule has 1 aromatic rings. The van der Waals surface area contributed by atoms with E-state index in [1.807, 2.05) is 7.05 Å². The number of rotatable bonds is 4. The number of carbonyl (C=O) groups is 4. The van der Waals surface area contributed by atoms with Crippen LogP contribution in [0.4, 0.5) is 0 Å². The van der Waals surface area contributed by atoms with Crippen molar-refractivity contribution in [2.45, 2.75) is 44.3 Å². The van der Waals surface area contributed by atoms with Crippen LogP contribution in [-0.2, 0) is 27.3 Å². The number of carbonyl (C=O) groups excluding carboxylic acids is 3. The zero-order chi connectivity index (χ0) is 22.0. The third-order valence-corrected chi connectivity index (χ3v) is 6.67. The average Bonchev–Trinajstić information content (AvgIpc) is 3.11. The molecule has 3 amide bonds. The summed E-state index contributed by atoms with van der Waals surface area (Å²) in [6, 6.07) is -1.13. The second-order valence-electron chi connectivity index (χ2n) is 8.08. The maximum atomic E-state index is 12.9. The molecule has 2 aliphatic rings. The second-order valence-corrected chi connectivity index (χ2v) is 9.17. The van der Waals surface area contributed by atoms with Crippen LogP contribution in [0.3, 0.4) is 0 Å². The summed E-state index contributed by atoms with van der Waals surface area (Å²) in [5.41, 5.74) is 0.934. The van der Waals surface area contributed by atoms with Crippen molar-refractivity contribution in [1.29, 1.82) is 0 Å². The number of hydrogen-bond donors (Lipinski definition) is 3. The van der Waals surface area contributed by atoms with Gasteiger partial charge in [0.1, 0.15) is 0 Å². The normalized spacial score (nSPS) is 23.1. The van der Waals surface area contributed by atoms with E-state index in [1.165, 1.54) is 16.2 Å². The quantitative estimate of drug-likeness (QED) is 0.402. The molecule has 1 aliphatic heterocycles. The summed E-state index contributed by atoms with van der Waals surface area (Å²) in [6.07, 6.45) is 2.01. The first-order valence-electron chi connectivity index (χ1n) is 9.88. The van der Waals surface area contributed by atoms with E-state index in [9.17, 15) is 19.2 Å². The number of amides is 3. The SMILES string of the molecule is CN1CCc2nc(C(=O)N[C@H]3C[C@@H](C(=O)N(C)C)CC[C@@H]3NC(=O)C(=O)O)sc2C1.[LiH]. The van der Waals surface area contributed by atoms with Gasteiger partial charge >= 0.3 is 30.7 Å². The van der Waals surface area contributed by atoms with E-state index < -0.39 is 24.0 Å². The van der Waals surface area contributed by atoms with Gasteiger partial charge in [-0.15, -0.1) is 11.3 Å². The number of hydrogen-bond acceptors (Lipinski definition) is 7. The Hall–Kier alpha value is -1.93. The van der Waals surface area contributed by atoms with Crippen molar-refractivity contribution < 1.29 is 24.3 Å². The van der Waals surface area contributed by atoms with Gasteiger partial charge in [0.05, 0.1) is 11.7 Å². The number of thiazole rings is 1. The Kier molecular flexibility index (Phi) is 8.65. The van der Waals surface area contributed by atoms with Crippen LogP contribution in [-0.4, -0.2) is 102 Å². The molecule has 1 fully saturated rings. The molecule has 3 atom stereocenters. The summed E-state index contributed by atoms with van der Waals surface area (Å²) in [5, 5.41) is 14.6. The molecule has 2 heterocycles. The number of aliphatic carboxylic acids is 1. The third kappa shape index (κ3) is 6.07. The Bertz CT molecular complexity index is 861. The zero-order valence-electron chi connectivity index (χ0n) is 17.3. The van der Waals surface area contributed by atoms with Gasteiger partial charge in [-0.2, -0.15) is 0 Å². The van der Waals surface area contributed by atoms with Gasteiger partial charge in [0.2, 0.25) is 5.91 Å². The van der Waals surface area contributed by atoms with Crippen molar-refractivity contribution in [3.8, 4) is 0 Å². The van der Waals surface area contributed by atoms with E-state index in [2.05, 4.69) is 20.5 Å². The fourth-order valence-electron chi connectivity index (χ4n) is 3.97. The molecular formula is C19H28LiN5O5S. The van der Waals surface area contributed by atoms with Crippen molar-refractivity contribution in [2.24, 2.45) is 5.92 Å². The van der Waals surface area contributed by atoms with Crippen molar-refractivity contribution in [3.63, 3.8) is 0 Å². The predicted octanol–water partition coefficient (Wildman–Crippen LogP) is -0.961. The Labute approximate surface area is 196 Å². The molecule has 1 aliphatic carbocycles. The van der Waals surface area contributed by atoms with Gasteiger partial charge in [-0.05, 0) is 26.3 Å². The molecule has 3 rings (SSSR count). The van der Waals surface area contributed by atoms with Crippen LogP contribution in [0.25, 0.3) is 0 Å². The first kappa shape index (κ1) is 25.3. The Morgan fingerprint density at radius 2 is 1.87 bits per heavy atom. The van der Waals surface area contributed by atoms with Crippen molar-refractivity contribution in [3.05, 3.63) is 15.6 Å². The molecular weight excluding hydrogens is 417 g/mol. The van der Waals surface area contributed by atoms with Gasteiger partial charge < -0.3 is 25.5 Å². The standard InChI is InChI=1S/C19H27N5O5S.Li.H/c1-23(2)18(27)10-4-5-11(20-16(26)19(28)29)13(8-10)21-15(25)17-22-12-6-7-24(3)9-14(12)30-17;;/h10-11,13H,4-9H2,1-3H3,(H,20,26)(H,21,25)(H,28,29);;/t10-,11-,13-;;/m0../s1. The summed E-state index contributed by atoms with van der Waals surface area (Å²) >= 11 is 1.35. The summed E-state index contributed by atoms with van der Waals surface area (Å²) in [7, 11) is 5.36. The molecule has 12 heteroatoms. The average molecular weight is 445 g/mol. The van der Waals surface area contributed by atoms with Gasteiger partial charge in [-0.3, -0.25) is 14.4 Å². The minimum atomic E-state index is -1.58. The van der Waals surface area contributed by atoms with Crippen molar-refractivity contribution in [2.75, 3.05) is 27.7 Å². The van der Waals surface area contributed by atoms with Crippen LogP contribution in [0.5, 0.6) is 0 Å². The van der Waals surface area contributed by atoms with E-state index in [0.29, 0.717) is 24.3 Å². The van der Waals surface area contributed by atoms with Crippen molar-refractivity contribution >= 4 is 53.9 Å². The third-order valence-electron chi connectivity index (χ3n) is 5.58. The van der Waals surface area contributed by atoms with Crippen LogP contribution in [0.15, 0.2) is 0 Å². The van der Waals surface area contributed by atoms with Crippen LogP contribution in [0.2, 0.25) is 0 Å². The van der Waals surface area contributed by atoms with Crippen LogP contribution < -0.4 is 10.6 Å². The van der Waals surface area contributed by atoms with E-state index in [4.69, 9.17) is 5.11 Å². The van der Waals surface area contributed by atoms with Gasteiger partial charge in [-0.25, -0.2) is 9.78 Å². The van der Waals surface area contributed by atoms with E-state index in [0.717, 1.165) is 30.1 Å². The molecule has 1 saturated carbocycles. The van der Waals surface area contributed by atoms with E-state index >= 15 is 0 Å². The molecule has 0 bridgehead atoms. The molecule has 10 nitrogen and oxygen atoms in total. The number of fused-ring (bicyclic) bond motifs is 1. The van der Waals surface area contributed by atoms with Gasteiger partial charge in [0.15, 0.2) is 5.01 Å². The molecule has 1 aromatic heterocycles. The maximum absolute atomic E-state index is 12.9. The summed E-state index contributed by atoms with van der Waals surface area (Å²) < 4.78 is 0. The molecule has 0 aromatic carbocycles. The first-order chi connectivity index (χ1) is 14.2. The number of carboxylic acids is 1. The Balaban J connectivity index is 0.00000341. The van der Waals surface area contributed by atoms with Crippen LogP contribution in [0, 0.1) is 5.92 Å². The van der Waals surface area contributed by atoms with Gasteiger partial charge in [0, 0.05) is 50.4 Å². The summed E-state index contributed by atoms with van der Waals surface area (Å²) in [4.78, 5) is 57.1. The minimum absolute atomic E-state index is 0. The van der Waals surface area contributed by atoms with Crippen molar-refractivity contribution in [1.82, 2.24) is 25.4 Å². The molecule has 31 heavy (non-hydrogen) atoms.